The van der Waals surface area contributed by atoms with Crippen molar-refractivity contribution < 1.29 is 0 Å². The van der Waals surface area contributed by atoms with Crippen LogP contribution >= 0.6 is 11.8 Å². The van der Waals surface area contributed by atoms with E-state index in [0.717, 1.165) is 36.0 Å². The first kappa shape index (κ1) is 15.3. The zero-order valence-electron chi connectivity index (χ0n) is 11.8. The molecule has 0 aromatic carbocycles. The average molecular weight is 267 g/mol. The summed E-state index contributed by atoms with van der Waals surface area (Å²) >= 11 is 1.87. The standard InChI is InChI=1S/C14H25N3S/c1-4-7-8-10-18-14-12(6-3)13(15-9-5-2)16-11-17-14/h11H,4-10H2,1-3H3,(H,15,16,17). The predicted molar refractivity (Wildman–Crippen MR) is 80.4 cm³/mol. The number of unbranched alkanes of at least 4 members (excludes halogenated alkanes) is 2. The molecule has 0 spiro atoms. The minimum absolute atomic E-state index is 0.976. The number of anilines is 1. The summed E-state index contributed by atoms with van der Waals surface area (Å²) < 4.78 is 0. The van der Waals surface area contributed by atoms with Crippen LogP contribution in [-0.2, 0) is 6.42 Å². The van der Waals surface area contributed by atoms with Gasteiger partial charge < -0.3 is 5.32 Å². The lowest BCUT2D eigenvalue weighted by atomic mass is 10.2. The van der Waals surface area contributed by atoms with Crippen molar-refractivity contribution in [1.29, 1.82) is 0 Å². The predicted octanol–water partition coefficient (Wildman–Crippen LogP) is 4.14. The molecular weight excluding hydrogens is 242 g/mol. The Labute approximate surface area is 115 Å². The molecule has 0 atom stereocenters. The molecule has 0 aliphatic carbocycles. The van der Waals surface area contributed by atoms with Gasteiger partial charge >= 0.3 is 0 Å². The summed E-state index contributed by atoms with van der Waals surface area (Å²) in [7, 11) is 0. The quantitative estimate of drug-likeness (QED) is 0.414. The molecule has 0 bridgehead atoms. The molecule has 1 N–H and O–H groups in total. The Morgan fingerprint density at radius 3 is 2.61 bits per heavy atom. The van der Waals surface area contributed by atoms with Crippen molar-refractivity contribution >= 4 is 17.6 Å². The van der Waals surface area contributed by atoms with Gasteiger partial charge in [-0.05, 0) is 25.0 Å². The maximum Gasteiger partial charge on any atom is 0.133 e. The molecule has 1 aromatic rings. The molecule has 0 radical (unpaired) electrons. The van der Waals surface area contributed by atoms with E-state index in [1.54, 1.807) is 6.33 Å². The van der Waals surface area contributed by atoms with E-state index in [0.29, 0.717) is 0 Å². The summed E-state index contributed by atoms with van der Waals surface area (Å²) in [5.74, 6) is 2.18. The summed E-state index contributed by atoms with van der Waals surface area (Å²) in [6.45, 7) is 7.55. The van der Waals surface area contributed by atoms with E-state index in [-0.39, 0.29) is 0 Å². The molecule has 0 amide bonds. The van der Waals surface area contributed by atoms with Crippen LogP contribution in [0.5, 0.6) is 0 Å². The van der Waals surface area contributed by atoms with Gasteiger partial charge in [0.1, 0.15) is 17.2 Å². The van der Waals surface area contributed by atoms with Gasteiger partial charge in [0.2, 0.25) is 0 Å². The molecule has 0 fully saturated rings. The van der Waals surface area contributed by atoms with Gasteiger partial charge in [0.15, 0.2) is 0 Å². The molecule has 0 saturated carbocycles. The third-order valence-electron chi connectivity index (χ3n) is 2.79. The van der Waals surface area contributed by atoms with E-state index in [4.69, 9.17) is 0 Å². The third kappa shape index (κ3) is 4.84. The van der Waals surface area contributed by atoms with Crippen molar-refractivity contribution in [1.82, 2.24) is 9.97 Å². The van der Waals surface area contributed by atoms with E-state index in [9.17, 15) is 0 Å². The molecule has 1 heterocycles. The lowest BCUT2D eigenvalue weighted by Crippen LogP contribution is -2.07. The Morgan fingerprint density at radius 1 is 1.11 bits per heavy atom. The number of hydrogen-bond donors (Lipinski definition) is 1. The number of nitrogens with one attached hydrogen (secondary N) is 1. The van der Waals surface area contributed by atoms with Gasteiger partial charge in [-0.1, -0.05) is 33.6 Å². The first-order valence-corrected chi connectivity index (χ1v) is 8.02. The number of aromatic nitrogens is 2. The van der Waals surface area contributed by atoms with Gasteiger partial charge in [-0.25, -0.2) is 9.97 Å². The molecule has 0 aliphatic rings. The number of thioether (sulfide) groups is 1. The van der Waals surface area contributed by atoms with Gasteiger partial charge in [0.25, 0.3) is 0 Å². The SMILES string of the molecule is CCCCCSc1ncnc(NCCC)c1CC. The summed E-state index contributed by atoms with van der Waals surface area (Å²) in [6, 6.07) is 0. The van der Waals surface area contributed by atoms with E-state index in [1.807, 2.05) is 11.8 Å². The fraction of sp³-hybridized carbons (Fsp3) is 0.714. The molecule has 0 unspecified atom stereocenters. The van der Waals surface area contributed by atoms with Crippen LogP contribution in [0.25, 0.3) is 0 Å². The first-order chi connectivity index (χ1) is 8.83. The highest BCUT2D eigenvalue weighted by Gasteiger charge is 2.09. The van der Waals surface area contributed by atoms with Crippen LogP contribution in [0.2, 0.25) is 0 Å². The summed E-state index contributed by atoms with van der Waals surface area (Å²) in [5, 5.41) is 4.55. The molecule has 4 heteroatoms. The fourth-order valence-corrected chi connectivity index (χ4v) is 2.83. The number of rotatable bonds is 9. The van der Waals surface area contributed by atoms with Crippen LogP contribution in [0.4, 0.5) is 5.82 Å². The second-order valence-corrected chi connectivity index (χ2v) is 5.43. The van der Waals surface area contributed by atoms with Gasteiger partial charge in [-0.3, -0.25) is 0 Å². The highest BCUT2D eigenvalue weighted by Crippen LogP contribution is 2.26. The van der Waals surface area contributed by atoms with Crippen LogP contribution in [0, 0.1) is 0 Å². The highest BCUT2D eigenvalue weighted by molar-refractivity contribution is 7.99. The first-order valence-electron chi connectivity index (χ1n) is 7.03. The van der Waals surface area contributed by atoms with E-state index in [1.165, 1.54) is 24.8 Å². The smallest absolute Gasteiger partial charge is 0.133 e. The van der Waals surface area contributed by atoms with Crippen molar-refractivity contribution in [3.63, 3.8) is 0 Å². The number of hydrogen-bond acceptors (Lipinski definition) is 4. The summed E-state index contributed by atoms with van der Waals surface area (Å²) in [4.78, 5) is 8.78. The Kier molecular flexibility index (Phi) is 7.81. The lowest BCUT2D eigenvalue weighted by Gasteiger charge is -2.12. The van der Waals surface area contributed by atoms with Crippen LogP contribution < -0.4 is 5.32 Å². The molecule has 102 valence electrons. The Hall–Kier alpha value is -0.770. The molecule has 18 heavy (non-hydrogen) atoms. The largest absolute Gasteiger partial charge is 0.370 e. The van der Waals surface area contributed by atoms with Crippen LogP contribution in [-0.4, -0.2) is 22.3 Å². The van der Waals surface area contributed by atoms with Gasteiger partial charge in [-0.15, -0.1) is 11.8 Å². The second-order valence-electron chi connectivity index (χ2n) is 4.34. The number of nitrogens with zero attached hydrogens (tertiary/aromatic N) is 2. The topological polar surface area (TPSA) is 37.8 Å². The van der Waals surface area contributed by atoms with Crippen LogP contribution in [0.1, 0.15) is 52.0 Å². The van der Waals surface area contributed by atoms with Gasteiger partial charge in [-0.2, -0.15) is 0 Å². The van der Waals surface area contributed by atoms with Gasteiger partial charge in [0.05, 0.1) is 0 Å². The van der Waals surface area contributed by atoms with Crippen LogP contribution in [0.3, 0.4) is 0 Å². The van der Waals surface area contributed by atoms with E-state index >= 15 is 0 Å². The Morgan fingerprint density at radius 2 is 1.94 bits per heavy atom. The third-order valence-corrected chi connectivity index (χ3v) is 3.91. The minimum Gasteiger partial charge on any atom is -0.370 e. The van der Waals surface area contributed by atoms with Gasteiger partial charge in [0, 0.05) is 12.1 Å². The minimum atomic E-state index is 0.976. The van der Waals surface area contributed by atoms with Crippen molar-refractivity contribution in [2.75, 3.05) is 17.6 Å². The Bertz CT molecular complexity index is 342. The summed E-state index contributed by atoms with van der Waals surface area (Å²) in [6.07, 6.45) is 7.63. The normalized spacial score (nSPS) is 10.6. The van der Waals surface area contributed by atoms with Crippen molar-refractivity contribution in [3.8, 4) is 0 Å². The molecule has 1 rings (SSSR count). The average Bonchev–Trinajstić information content (AvgIpc) is 2.41. The van der Waals surface area contributed by atoms with Crippen molar-refractivity contribution in [2.24, 2.45) is 0 Å². The lowest BCUT2D eigenvalue weighted by molar-refractivity contribution is 0.777. The zero-order valence-corrected chi connectivity index (χ0v) is 12.6. The molecule has 3 nitrogen and oxygen atoms in total. The molecule has 0 saturated heterocycles. The summed E-state index contributed by atoms with van der Waals surface area (Å²) in [5.41, 5.74) is 1.27. The molecule has 0 aliphatic heterocycles. The maximum atomic E-state index is 4.43. The van der Waals surface area contributed by atoms with E-state index in [2.05, 4.69) is 36.1 Å². The second kappa shape index (κ2) is 9.20. The maximum absolute atomic E-state index is 4.43. The van der Waals surface area contributed by atoms with E-state index < -0.39 is 0 Å². The zero-order chi connectivity index (χ0) is 13.2. The monoisotopic (exact) mass is 267 g/mol. The van der Waals surface area contributed by atoms with Crippen molar-refractivity contribution in [2.45, 2.75) is 57.9 Å². The molecule has 1 aromatic heterocycles. The highest BCUT2D eigenvalue weighted by atomic mass is 32.2. The van der Waals surface area contributed by atoms with Crippen LogP contribution in [0.15, 0.2) is 11.4 Å². The van der Waals surface area contributed by atoms with Crippen molar-refractivity contribution in [3.05, 3.63) is 11.9 Å². The molecular formula is C14H25N3S. The fourth-order valence-electron chi connectivity index (χ4n) is 1.76. The Balaban J connectivity index is 2.65.